The summed E-state index contributed by atoms with van der Waals surface area (Å²) < 4.78 is 19.9. The number of aliphatic hydroxyl groups is 1. The van der Waals surface area contributed by atoms with E-state index >= 15 is 0 Å². The minimum absolute atomic E-state index is 0.479. The number of hydrogen-bond donors (Lipinski definition) is 1. The number of carbonyl (C=O) groups excluding carboxylic acids is 3. The summed E-state index contributed by atoms with van der Waals surface area (Å²) in [5.74, 6) is -1.93. The minimum Gasteiger partial charge on any atom is -0.455 e. The van der Waals surface area contributed by atoms with E-state index in [2.05, 4.69) is 0 Å². The molecule has 1 fully saturated rings. The first-order valence-corrected chi connectivity index (χ1v) is 5.63. The lowest BCUT2D eigenvalue weighted by Crippen LogP contribution is -2.41. The van der Waals surface area contributed by atoms with Crippen LogP contribution in [0.2, 0.25) is 0 Å². The van der Waals surface area contributed by atoms with Crippen LogP contribution in [0.5, 0.6) is 0 Å². The monoisotopic (exact) mass is 276 g/mol. The summed E-state index contributed by atoms with van der Waals surface area (Å²) in [4.78, 5) is 33.0. The van der Waals surface area contributed by atoms with Gasteiger partial charge in [-0.3, -0.25) is 14.4 Å². The van der Waals surface area contributed by atoms with Crippen molar-refractivity contribution >= 4 is 17.9 Å². The maximum Gasteiger partial charge on any atom is 0.305 e. The molecule has 0 bridgehead atoms. The van der Waals surface area contributed by atoms with E-state index in [1.165, 1.54) is 6.92 Å². The molecule has 8 nitrogen and oxygen atoms in total. The number of esters is 3. The van der Waals surface area contributed by atoms with Gasteiger partial charge in [-0.15, -0.1) is 0 Å². The molecule has 0 aliphatic carbocycles. The van der Waals surface area contributed by atoms with Crippen molar-refractivity contribution in [2.24, 2.45) is 0 Å². The van der Waals surface area contributed by atoms with Gasteiger partial charge in [0.25, 0.3) is 0 Å². The molecule has 0 spiro atoms. The minimum atomic E-state index is -1.22. The Hall–Kier alpha value is -1.67. The van der Waals surface area contributed by atoms with Gasteiger partial charge in [-0.1, -0.05) is 0 Å². The first-order chi connectivity index (χ1) is 8.85. The van der Waals surface area contributed by atoms with Gasteiger partial charge in [0.15, 0.2) is 6.10 Å². The van der Waals surface area contributed by atoms with Crippen molar-refractivity contribution in [2.75, 3.05) is 6.61 Å². The van der Waals surface area contributed by atoms with Crippen LogP contribution in [-0.4, -0.2) is 54.2 Å². The van der Waals surface area contributed by atoms with E-state index in [0.29, 0.717) is 0 Å². The van der Waals surface area contributed by atoms with Crippen LogP contribution in [0.3, 0.4) is 0 Å². The van der Waals surface area contributed by atoms with E-state index in [9.17, 15) is 14.4 Å². The molecule has 1 rings (SSSR count). The molecule has 0 aromatic heterocycles. The lowest BCUT2D eigenvalue weighted by molar-refractivity contribution is -0.196. The smallest absolute Gasteiger partial charge is 0.305 e. The third kappa shape index (κ3) is 4.18. The lowest BCUT2D eigenvalue weighted by Gasteiger charge is -2.22. The van der Waals surface area contributed by atoms with Crippen LogP contribution in [0.25, 0.3) is 0 Å². The molecule has 1 aliphatic rings. The SMILES string of the molecule is CC(=O)OC1O[C@@H](CO)[C@H](OC(C)=O)[C@@H]1OC(C)=O. The predicted molar refractivity (Wildman–Crippen MR) is 58.6 cm³/mol. The van der Waals surface area contributed by atoms with E-state index < -0.39 is 49.1 Å². The van der Waals surface area contributed by atoms with Gasteiger partial charge in [-0.05, 0) is 0 Å². The molecule has 0 saturated carbocycles. The fourth-order valence-electron chi connectivity index (χ4n) is 1.75. The fourth-order valence-corrected chi connectivity index (χ4v) is 1.75. The van der Waals surface area contributed by atoms with Gasteiger partial charge in [-0.2, -0.15) is 0 Å². The summed E-state index contributed by atoms with van der Waals surface area (Å²) >= 11 is 0. The second-order valence-electron chi connectivity index (χ2n) is 3.98. The van der Waals surface area contributed by atoms with Gasteiger partial charge >= 0.3 is 17.9 Å². The Labute approximate surface area is 109 Å². The van der Waals surface area contributed by atoms with Crippen LogP contribution >= 0.6 is 0 Å². The largest absolute Gasteiger partial charge is 0.455 e. The van der Waals surface area contributed by atoms with Crippen LogP contribution in [-0.2, 0) is 33.3 Å². The van der Waals surface area contributed by atoms with Crippen LogP contribution in [0.1, 0.15) is 20.8 Å². The molecule has 4 atom stereocenters. The molecule has 8 heteroatoms. The molecule has 108 valence electrons. The second-order valence-corrected chi connectivity index (χ2v) is 3.98. The maximum atomic E-state index is 11.0. The van der Waals surface area contributed by atoms with Gasteiger partial charge in [-0.25, -0.2) is 0 Å². The van der Waals surface area contributed by atoms with Crippen molar-refractivity contribution in [1.82, 2.24) is 0 Å². The van der Waals surface area contributed by atoms with Crippen molar-refractivity contribution in [3.05, 3.63) is 0 Å². The van der Waals surface area contributed by atoms with Crippen molar-refractivity contribution in [2.45, 2.75) is 45.4 Å². The van der Waals surface area contributed by atoms with E-state index in [1.807, 2.05) is 0 Å². The average molecular weight is 276 g/mol. The highest BCUT2D eigenvalue weighted by Crippen LogP contribution is 2.27. The molecule has 0 aromatic rings. The number of aliphatic hydroxyl groups excluding tert-OH is 1. The average Bonchev–Trinajstić information content (AvgIpc) is 2.55. The van der Waals surface area contributed by atoms with Gasteiger partial charge in [0.05, 0.1) is 6.61 Å². The van der Waals surface area contributed by atoms with E-state index in [4.69, 9.17) is 24.1 Å². The summed E-state index contributed by atoms with van der Waals surface area (Å²) in [5, 5.41) is 9.16. The van der Waals surface area contributed by atoms with E-state index in [1.54, 1.807) is 0 Å². The topological polar surface area (TPSA) is 108 Å². The highest BCUT2D eigenvalue weighted by molar-refractivity contribution is 5.68. The molecule has 1 saturated heterocycles. The molecule has 1 unspecified atom stereocenters. The standard InChI is InChI=1S/C11H16O8/c1-5(13)16-9-8(4-12)19-11(18-7(3)15)10(9)17-6(2)14/h8-12H,4H2,1-3H3/t8-,9-,10-,11?/m0/s1. The highest BCUT2D eigenvalue weighted by Gasteiger charge is 2.50. The summed E-state index contributed by atoms with van der Waals surface area (Å²) in [6, 6.07) is 0. The molecule has 19 heavy (non-hydrogen) atoms. The molecule has 0 radical (unpaired) electrons. The lowest BCUT2D eigenvalue weighted by atomic mass is 10.1. The Balaban J connectivity index is 2.90. The van der Waals surface area contributed by atoms with Crippen LogP contribution in [0.15, 0.2) is 0 Å². The van der Waals surface area contributed by atoms with Crippen LogP contribution in [0.4, 0.5) is 0 Å². The Morgan fingerprint density at radius 3 is 1.84 bits per heavy atom. The zero-order valence-electron chi connectivity index (χ0n) is 10.8. The van der Waals surface area contributed by atoms with E-state index in [-0.39, 0.29) is 0 Å². The zero-order chi connectivity index (χ0) is 14.6. The molecule has 0 amide bonds. The Morgan fingerprint density at radius 1 is 0.947 bits per heavy atom. The quantitative estimate of drug-likeness (QED) is 0.521. The maximum absolute atomic E-state index is 11.0. The summed E-state index contributed by atoms with van der Waals surface area (Å²) in [6.07, 6.45) is -4.29. The highest BCUT2D eigenvalue weighted by atomic mass is 16.7. The third-order valence-corrected chi connectivity index (χ3v) is 2.33. The number of hydrogen-bond acceptors (Lipinski definition) is 8. The van der Waals surface area contributed by atoms with Crippen molar-refractivity contribution in [3.8, 4) is 0 Å². The van der Waals surface area contributed by atoms with Gasteiger partial charge in [0.2, 0.25) is 12.4 Å². The molecular weight excluding hydrogens is 260 g/mol. The predicted octanol–water partition coefficient (Wildman–Crippen LogP) is -0.870. The molecule has 0 aromatic carbocycles. The Bertz CT molecular complexity index is 366. The number of rotatable bonds is 4. The number of carbonyl (C=O) groups is 3. The van der Waals surface area contributed by atoms with Gasteiger partial charge in [0.1, 0.15) is 6.10 Å². The summed E-state index contributed by atoms with van der Waals surface area (Å²) in [5.41, 5.74) is 0. The zero-order valence-corrected chi connectivity index (χ0v) is 10.8. The normalized spacial score (nSPS) is 29.7. The molecule has 1 N–H and O–H groups in total. The fraction of sp³-hybridized carbons (Fsp3) is 0.727. The summed E-state index contributed by atoms with van der Waals surface area (Å²) in [7, 11) is 0. The van der Waals surface area contributed by atoms with Crippen molar-refractivity contribution < 1.29 is 38.4 Å². The molecular formula is C11H16O8. The second kappa shape index (κ2) is 6.48. The van der Waals surface area contributed by atoms with Crippen molar-refractivity contribution in [1.29, 1.82) is 0 Å². The molecule has 1 aliphatic heterocycles. The first-order valence-electron chi connectivity index (χ1n) is 5.63. The van der Waals surface area contributed by atoms with Gasteiger partial charge < -0.3 is 24.1 Å². The Kier molecular flexibility index (Phi) is 5.25. The van der Waals surface area contributed by atoms with Crippen LogP contribution in [0, 0.1) is 0 Å². The first kappa shape index (κ1) is 15.4. The summed E-state index contributed by atoms with van der Waals surface area (Å²) in [6.45, 7) is 3.00. The Morgan fingerprint density at radius 2 is 1.42 bits per heavy atom. The van der Waals surface area contributed by atoms with E-state index in [0.717, 1.165) is 13.8 Å². The number of ether oxygens (including phenoxy) is 4. The molecule has 1 heterocycles. The van der Waals surface area contributed by atoms with Gasteiger partial charge in [0, 0.05) is 20.8 Å². The van der Waals surface area contributed by atoms with Crippen LogP contribution < -0.4 is 0 Å². The van der Waals surface area contributed by atoms with Crippen molar-refractivity contribution in [3.63, 3.8) is 0 Å². The third-order valence-electron chi connectivity index (χ3n) is 2.33.